The molecule has 4 rings (SSSR count). The minimum Gasteiger partial charge on any atom is -0.455 e. The zero-order valence-corrected chi connectivity index (χ0v) is 17.3. The number of carbonyl (C=O) groups excluding carboxylic acids is 1. The Labute approximate surface area is 170 Å². The van der Waals surface area contributed by atoms with Crippen molar-refractivity contribution >= 4 is 5.91 Å². The average molecular weight is 394 g/mol. The lowest BCUT2D eigenvalue weighted by Crippen LogP contribution is -2.38. The van der Waals surface area contributed by atoms with E-state index < -0.39 is 0 Å². The second kappa shape index (κ2) is 7.46. The molecule has 0 spiro atoms. The molecule has 7 heteroatoms. The fourth-order valence-electron chi connectivity index (χ4n) is 3.56. The van der Waals surface area contributed by atoms with Crippen molar-refractivity contribution in [3.63, 3.8) is 0 Å². The molecule has 3 aromatic heterocycles. The molecule has 0 N–H and O–H groups in total. The van der Waals surface area contributed by atoms with Gasteiger partial charge in [-0.3, -0.25) is 9.78 Å². The Kier molecular flexibility index (Phi) is 4.98. The van der Waals surface area contributed by atoms with Crippen LogP contribution in [0, 0.1) is 6.92 Å². The van der Waals surface area contributed by atoms with E-state index in [2.05, 4.69) is 35.9 Å². The van der Waals surface area contributed by atoms with E-state index in [9.17, 15) is 4.79 Å². The number of nitrogens with zero attached hydrogens (tertiary/aromatic N) is 4. The summed E-state index contributed by atoms with van der Waals surface area (Å²) >= 11 is 0. The van der Waals surface area contributed by atoms with Crippen LogP contribution in [-0.2, 0) is 5.41 Å². The summed E-state index contributed by atoms with van der Waals surface area (Å²) in [5.41, 5.74) is 1.57. The second-order valence-corrected chi connectivity index (χ2v) is 8.64. The number of likely N-dealkylation sites (tertiary alicyclic amines) is 1. The van der Waals surface area contributed by atoms with Crippen molar-refractivity contribution in [2.75, 3.05) is 13.1 Å². The highest BCUT2D eigenvalue weighted by Gasteiger charge is 2.31. The number of piperidine rings is 1. The van der Waals surface area contributed by atoms with Crippen LogP contribution in [-0.4, -0.2) is 39.0 Å². The van der Waals surface area contributed by atoms with Crippen LogP contribution in [0.25, 0.3) is 11.5 Å². The van der Waals surface area contributed by atoms with E-state index in [0.29, 0.717) is 30.6 Å². The summed E-state index contributed by atoms with van der Waals surface area (Å²) in [6, 6.07) is 5.70. The molecule has 0 bridgehead atoms. The van der Waals surface area contributed by atoms with Gasteiger partial charge in [0.25, 0.3) is 11.8 Å². The molecule has 4 heterocycles. The van der Waals surface area contributed by atoms with Gasteiger partial charge in [0, 0.05) is 42.4 Å². The van der Waals surface area contributed by atoms with Gasteiger partial charge in [0.1, 0.15) is 5.76 Å². The number of carbonyl (C=O) groups is 1. The molecule has 0 radical (unpaired) electrons. The van der Waals surface area contributed by atoms with Crippen LogP contribution in [0.15, 0.2) is 39.5 Å². The van der Waals surface area contributed by atoms with Gasteiger partial charge in [-0.15, -0.1) is 0 Å². The lowest BCUT2D eigenvalue weighted by Gasteiger charge is -2.30. The Morgan fingerprint density at radius 2 is 2.00 bits per heavy atom. The van der Waals surface area contributed by atoms with Crippen LogP contribution in [0.1, 0.15) is 67.2 Å². The van der Waals surface area contributed by atoms with E-state index in [1.165, 1.54) is 0 Å². The van der Waals surface area contributed by atoms with Crippen LogP contribution in [0.2, 0.25) is 0 Å². The van der Waals surface area contributed by atoms with Crippen molar-refractivity contribution in [2.24, 2.45) is 0 Å². The third kappa shape index (κ3) is 3.95. The first kappa shape index (κ1) is 19.4. The first-order chi connectivity index (χ1) is 13.8. The van der Waals surface area contributed by atoms with Gasteiger partial charge < -0.3 is 13.8 Å². The highest BCUT2D eigenvalue weighted by Crippen LogP contribution is 2.31. The second-order valence-electron chi connectivity index (χ2n) is 8.64. The van der Waals surface area contributed by atoms with E-state index in [1.807, 2.05) is 30.0 Å². The number of pyridine rings is 1. The van der Waals surface area contributed by atoms with Gasteiger partial charge in [-0.05, 0) is 38.0 Å². The summed E-state index contributed by atoms with van der Waals surface area (Å²) in [5.74, 6) is 2.60. The highest BCUT2D eigenvalue weighted by atomic mass is 16.5. The van der Waals surface area contributed by atoms with Crippen molar-refractivity contribution < 1.29 is 13.7 Å². The number of aromatic nitrogens is 3. The predicted octanol–water partition coefficient (Wildman–Crippen LogP) is 4.35. The molecule has 0 atom stereocenters. The maximum atomic E-state index is 13.0. The number of amides is 1. The van der Waals surface area contributed by atoms with E-state index in [-0.39, 0.29) is 17.2 Å². The number of furan rings is 1. The van der Waals surface area contributed by atoms with Crippen LogP contribution in [0.3, 0.4) is 0 Å². The standard InChI is InChI=1S/C22H26N4O3/c1-14-12-17(22(2,3)4)28-18(14)21(27)26-10-7-15(8-11-26)19-24-20(29-25-19)16-6-5-9-23-13-16/h5-6,9,12-13,15H,7-8,10-11H2,1-4H3. The number of hydrogen-bond donors (Lipinski definition) is 0. The first-order valence-electron chi connectivity index (χ1n) is 9.97. The minimum atomic E-state index is -0.124. The topological polar surface area (TPSA) is 85.3 Å². The van der Waals surface area contributed by atoms with Gasteiger partial charge in [0.2, 0.25) is 0 Å². The zero-order chi connectivity index (χ0) is 20.6. The summed E-state index contributed by atoms with van der Waals surface area (Å²) in [4.78, 5) is 23.4. The van der Waals surface area contributed by atoms with Gasteiger partial charge >= 0.3 is 0 Å². The van der Waals surface area contributed by atoms with Gasteiger partial charge in [0.05, 0.1) is 5.56 Å². The monoisotopic (exact) mass is 394 g/mol. The SMILES string of the molecule is Cc1cc(C(C)(C)C)oc1C(=O)N1CCC(c2noc(-c3cccnc3)n2)CC1. The normalized spacial score (nSPS) is 15.7. The van der Waals surface area contributed by atoms with Crippen molar-refractivity contribution in [2.45, 2.75) is 51.9 Å². The Morgan fingerprint density at radius 1 is 1.24 bits per heavy atom. The molecule has 0 aromatic carbocycles. The number of rotatable bonds is 3. The molecule has 3 aromatic rings. The summed E-state index contributed by atoms with van der Waals surface area (Å²) < 4.78 is 11.3. The maximum absolute atomic E-state index is 13.0. The van der Waals surface area contributed by atoms with E-state index >= 15 is 0 Å². The molecule has 1 fully saturated rings. The molecule has 29 heavy (non-hydrogen) atoms. The van der Waals surface area contributed by atoms with E-state index in [1.54, 1.807) is 12.4 Å². The predicted molar refractivity (Wildman–Crippen MR) is 108 cm³/mol. The highest BCUT2D eigenvalue weighted by molar-refractivity contribution is 5.93. The van der Waals surface area contributed by atoms with E-state index in [0.717, 1.165) is 29.7 Å². The molecule has 0 aliphatic carbocycles. The maximum Gasteiger partial charge on any atom is 0.289 e. The zero-order valence-electron chi connectivity index (χ0n) is 17.3. The lowest BCUT2D eigenvalue weighted by molar-refractivity contribution is 0.0674. The molecular formula is C22H26N4O3. The number of hydrogen-bond acceptors (Lipinski definition) is 6. The molecule has 0 unspecified atom stereocenters. The summed E-state index contributed by atoms with van der Waals surface area (Å²) in [7, 11) is 0. The van der Waals surface area contributed by atoms with Crippen LogP contribution >= 0.6 is 0 Å². The molecule has 1 saturated heterocycles. The number of aryl methyl sites for hydroxylation is 1. The molecule has 7 nitrogen and oxygen atoms in total. The molecule has 1 aliphatic heterocycles. The molecule has 0 saturated carbocycles. The summed E-state index contributed by atoms with van der Waals surface area (Å²) in [6.45, 7) is 9.45. The lowest BCUT2D eigenvalue weighted by atomic mass is 9.93. The fraction of sp³-hybridized carbons (Fsp3) is 0.455. The first-order valence-corrected chi connectivity index (χ1v) is 9.97. The van der Waals surface area contributed by atoms with Crippen molar-refractivity contribution in [3.8, 4) is 11.5 Å². The van der Waals surface area contributed by atoms with Gasteiger partial charge in [-0.2, -0.15) is 4.98 Å². The van der Waals surface area contributed by atoms with Crippen LogP contribution in [0.5, 0.6) is 0 Å². The van der Waals surface area contributed by atoms with Crippen molar-refractivity contribution in [1.82, 2.24) is 20.0 Å². The Bertz CT molecular complexity index is 993. The van der Waals surface area contributed by atoms with Crippen LogP contribution < -0.4 is 0 Å². The average Bonchev–Trinajstić information content (AvgIpc) is 3.35. The fourth-order valence-corrected chi connectivity index (χ4v) is 3.56. The van der Waals surface area contributed by atoms with Crippen molar-refractivity contribution in [3.05, 3.63) is 53.5 Å². The smallest absolute Gasteiger partial charge is 0.289 e. The molecule has 152 valence electrons. The van der Waals surface area contributed by atoms with Gasteiger partial charge in [-0.1, -0.05) is 25.9 Å². The summed E-state index contributed by atoms with van der Waals surface area (Å²) in [5, 5.41) is 4.15. The molecule has 1 aliphatic rings. The Balaban J connectivity index is 1.42. The van der Waals surface area contributed by atoms with E-state index in [4.69, 9.17) is 8.94 Å². The Hall–Kier alpha value is -2.96. The third-order valence-corrected chi connectivity index (χ3v) is 5.35. The summed E-state index contributed by atoms with van der Waals surface area (Å²) in [6.07, 6.45) is 5.00. The minimum absolute atomic E-state index is 0.0411. The van der Waals surface area contributed by atoms with Crippen molar-refractivity contribution in [1.29, 1.82) is 0 Å². The Morgan fingerprint density at radius 3 is 2.62 bits per heavy atom. The van der Waals surface area contributed by atoms with Gasteiger partial charge in [0.15, 0.2) is 11.6 Å². The molecular weight excluding hydrogens is 368 g/mol. The molecule has 1 amide bonds. The van der Waals surface area contributed by atoms with Gasteiger partial charge in [-0.25, -0.2) is 0 Å². The quantitative estimate of drug-likeness (QED) is 0.656. The third-order valence-electron chi connectivity index (χ3n) is 5.35. The largest absolute Gasteiger partial charge is 0.455 e. The van der Waals surface area contributed by atoms with Crippen LogP contribution in [0.4, 0.5) is 0 Å².